The van der Waals surface area contributed by atoms with Crippen LogP contribution in [0.5, 0.6) is 0 Å². The number of amides is 1. The van der Waals surface area contributed by atoms with E-state index in [0.717, 1.165) is 25.6 Å². The van der Waals surface area contributed by atoms with Gasteiger partial charge in [0, 0.05) is 31.8 Å². The Kier molecular flexibility index (Phi) is 6.81. The molecule has 0 aliphatic heterocycles. The van der Waals surface area contributed by atoms with Crippen molar-refractivity contribution in [2.24, 2.45) is 5.92 Å². The van der Waals surface area contributed by atoms with Crippen LogP contribution in [0.25, 0.3) is 0 Å². The van der Waals surface area contributed by atoms with Gasteiger partial charge in [-0.2, -0.15) is 0 Å². The van der Waals surface area contributed by atoms with Gasteiger partial charge in [-0.1, -0.05) is 36.4 Å². The molecule has 1 aromatic rings. The topological polar surface area (TPSA) is 35.6 Å². The lowest BCUT2D eigenvalue weighted by Gasteiger charge is -2.28. The lowest BCUT2D eigenvalue weighted by atomic mass is 10.1. The fourth-order valence-electron chi connectivity index (χ4n) is 2.79. The number of carbonyl (C=O) groups excluding carboxylic acids is 1. The molecule has 1 aromatic carbocycles. The van der Waals surface area contributed by atoms with Crippen molar-refractivity contribution in [2.75, 3.05) is 34.2 Å². The van der Waals surface area contributed by atoms with Crippen LogP contribution >= 0.6 is 0 Å². The molecule has 1 aliphatic carbocycles. The SMILES string of the molecule is CN(C)C/C=C/C(=O)NCC(C1CC1)N(C)Cc1ccccc1. The lowest BCUT2D eigenvalue weighted by molar-refractivity contribution is -0.116. The van der Waals surface area contributed by atoms with Gasteiger partial charge in [-0.15, -0.1) is 0 Å². The van der Waals surface area contributed by atoms with E-state index in [-0.39, 0.29) is 5.91 Å². The highest BCUT2D eigenvalue weighted by Crippen LogP contribution is 2.35. The van der Waals surface area contributed by atoms with Gasteiger partial charge in [0.05, 0.1) is 0 Å². The smallest absolute Gasteiger partial charge is 0.243 e. The quantitative estimate of drug-likeness (QED) is 0.709. The third-order valence-electron chi connectivity index (χ3n) is 4.23. The first-order chi connectivity index (χ1) is 11.1. The van der Waals surface area contributed by atoms with Crippen LogP contribution in [-0.2, 0) is 11.3 Å². The third-order valence-corrected chi connectivity index (χ3v) is 4.23. The van der Waals surface area contributed by atoms with Crippen molar-refractivity contribution in [3.05, 3.63) is 48.0 Å². The Hall–Kier alpha value is -1.65. The van der Waals surface area contributed by atoms with Crippen molar-refractivity contribution >= 4 is 5.91 Å². The minimum absolute atomic E-state index is 0.00520. The molecule has 0 bridgehead atoms. The van der Waals surface area contributed by atoms with E-state index in [2.05, 4.69) is 41.5 Å². The second-order valence-electron chi connectivity index (χ2n) is 6.72. The van der Waals surface area contributed by atoms with E-state index in [9.17, 15) is 4.79 Å². The fourth-order valence-corrected chi connectivity index (χ4v) is 2.79. The zero-order chi connectivity index (χ0) is 16.7. The second kappa shape index (κ2) is 8.85. The number of hydrogen-bond acceptors (Lipinski definition) is 3. The Bertz CT molecular complexity index is 509. The molecule has 1 amide bonds. The van der Waals surface area contributed by atoms with Gasteiger partial charge in [-0.3, -0.25) is 9.69 Å². The minimum Gasteiger partial charge on any atom is -0.351 e. The van der Waals surface area contributed by atoms with Crippen molar-refractivity contribution in [1.82, 2.24) is 15.1 Å². The summed E-state index contributed by atoms with van der Waals surface area (Å²) in [5.41, 5.74) is 1.32. The number of likely N-dealkylation sites (N-methyl/N-ethyl adjacent to an activating group) is 2. The molecule has 126 valence electrons. The molecule has 2 rings (SSSR count). The van der Waals surface area contributed by atoms with Gasteiger partial charge in [0.1, 0.15) is 0 Å². The molecule has 1 atom stereocenters. The molecule has 0 radical (unpaired) electrons. The Morgan fingerprint density at radius 2 is 1.96 bits per heavy atom. The van der Waals surface area contributed by atoms with E-state index in [0.29, 0.717) is 6.04 Å². The number of carbonyl (C=O) groups is 1. The summed E-state index contributed by atoms with van der Waals surface area (Å²) in [5, 5.41) is 3.06. The Labute approximate surface area is 140 Å². The van der Waals surface area contributed by atoms with Gasteiger partial charge in [-0.05, 0) is 45.5 Å². The number of rotatable bonds is 9. The van der Waals surface area contributed by atoms with E-state index in [1.54, 1.807) is 6.08 Å². The monoisotopic (exact) mass is 315 g/mol. The largest absolute Gasteiger partial charge is 0.351 e. The van der Waals surface area contributed by atoms with Crippen LogP contribution in [0.3, 0.4) is 0 Å². The van der Waals surface area contributed by atoms with Crippen molar-refractivity contribution in [1.29, 1.82) is 0 Å². The summed E-state index contributed by atoms with van der Waals surface area (Å²) in [4.78, 5) is 16.3. The summed E-state index contributed by atoms with van der Waals surface area (Å²) in [6.07, 6.45) is 6.09. The summed E-state index contributed by atoms with van der Waals surface area (Å²) >= 11 is 0. The molecule has 1 unspecified atom stereocenters. The Morgan fingerprint density at radius 1 is 1.26 bits per heavy atom. The minimum atomic E-state index is 0.00520. The first-order valence-corrected chi connectivity index (χ1v) is 8.39. The van der Waals surface area contributed by atoms with Gasteiger partial charge >= 0.3 is 0 Å². The molecular weight excluding hydrogens is 286 g/mol. The maximum absolute atomic E-state index is 11.9. The predicted octanol–water partition coefficient (Wildman–Crippen LogP) is 2.13. The molecule has 23 heavy (non-hydrogen) atoms. The molecule has 4 heteroatoms. The average Bonchev–Trinajstić information content (AvgIpc) is 3.33. The highest BCUT2D eigenvalue weighted by atomic mass is 16.1. The zero-order valence-corrected chi connectivity index (χ0v) is 14.5. The lowest BCUT2D eigenvalue weighted by Crippen LogP contribution is -2.42. The summed E-state index contributed by atoms with van der Waals surface area (Å²) < 4.78 is 0. The van der Waals surface area contributed by atoms with Crippen LogP contribution in [0.4, 0.5) is 0 Å². The summed E-state index contributed by atoms with van der Waals surface area (Å²) in [5.74, 6) is 0.723. The van der Waals surface area contributed by atoms with Gasteiger partial charge in [0.25, 0.3) is 0 Å². The number of benzene rings is 1. The third kappa shape index (κ3) is 6.55. The van der Waals surface area contributed by atoms with E-state index in [4.69, 9.17) is 0 Å². The molecule has 0 aromatic heterocycles. The van der Waals surface area contributed by atoms with E-state index in [1.807, 2.05) is 31.1 Å². The van der Waals surface area contributed by atoms with E-state index < -0.39 is 0 Å². The Balaban J connectivity index is 1.82. The van der Waals surface area contributed by atoms with Gasteiger partial charge < -0.3 is 10.2 Å². The van der Waals surface area contributed by atoms with Gasteiger partial charge in [0.2, 0.25) is 5.91 Å². The first-order valence-electron chi connectivity index (χ1n) is 8.39. The first kappa shape index (κ1) is 17.7. The van der Waals surface area contributed by atoms with Crippen molar-refractivity contribution in [3.8, 4) is 0 Å². The molecule has 1 aliphatic rings. The number of hydrogen-bond donors (Lipinski definition) is 1. The standard InChI is InChI=1S/C19H29N3O/c1-21(2)13-7-10-19(23)20-14-18(17-11-12-17)22(3)15-16-8-5-4-6-9-16/h4-10,17-18H,11-15H2,1-3H3,(H,20,23)/b10-7+. The zero-order valence-electron chi connectivity index (χ0n) is 14.5. The predicted molar refractivity (Wildman–Crippen MR) is 95.1 cm³/mol. The molecule has 0 heterocycles. The van der Waals surface area contributed by atoms with Gasteiger partial charge in [0.15, 0.2) is 0 Å². The molecular formula is C19H29N3O. The van der Waals surface area contributed by atoms with Crippen LogP contribution in [0, 0.1) is 5.92 Å². The number of nitrogens with zero attached hydrogens (tertiary/aromatic N) is 2. The maximum Gasteiger partial charge on any atom is 0.243 e. The molecule has 0 saturated heterocycles. The highest BCUT2D eigenvalue weighted by Gasteiger charge is 2.33. The van der Waals surface area contributed by atoms with Crippen molar-refractivity contribution in [3.63, 3.8) is 0 Å². The van der Waals surface area contributed by atoms with E-state index in [1.165, 1.54) is 18.4 Å². The van der Waals surface area contributed by atoms with Crippen LogP contribution < -0.4 is 5.32 Å². The number of nitrogens with one attached hydrogen (secondary N) is 1. The van der Waals surface area contributed by atoms with Crippen LogP contribution in [0.15, 0.2) is 42.5 Å². The summed E-state index contributed by atoms with van der Waals surface area (Å²) in [6, 6.07) is 10.9. The van der Waals surface area contributed by atoms with Crippen LogP contribution in [-0.4, -0.2) is 56.0 Å². The molecule has 0 spiro atoms. The Morgan fingerprint density at radius 3 is 2.57 bits per heavy atom. The highest BCUT2D eigenvalue weighted by molar-refractivity contribution is 5.87. The summed E-state index contributed by atoms with van der Waals surface area (Å²) in [6.45, 7) is 2.43. The van der Waals surface area contributed by atoms with Crippen LogP contribution in [0.1, 0.15) is 18.4 Å². The van der Waals surface area contributed by atoms with Crippen molar-refractivity contribution < 1.29 is 4.79 Å². The van der Waals surface area contributed by atoms with Crippen molar-refractivity contribution in [2.45, 2.75) is 25.4 Å². The molecule has 1 saturated carbocycles. The normalized spacial score (nSPS) is 16.2. The maximum atomic E-state index is 11.9. The summed E-state index contributed by atoms with van der Waals surface area (Å²) in [7, 11) is 6.14. The van der Waals surface area contributed by atoms with Gasteiger partial charge in [-0.25, -0.2) is 0 Å². The van der Waals surface area contributed by atoms with E-state index >= 15 is 0 Å². The second-order valence-corrected chi connectivity index (χ2v) is 6.72. The van der Waals surface area contributed by atoms with Crippen LogP contribution in [0.2, 0.25) is 0 Å². The molecule has 1 fully saturated rings. The fraction of sp³-hybridized carbons (Fsp3) is 0.526. The molecule has 1 N–H and O–H groups in total. The molecule has 4 nitrogen and oxygen atoms in total. The average molecular weight is 315 g/mol.